The van der Waals surface area contributed by atoms with E-state index in [1.165, 1.54) is 5.56 Å². The number of nitrogens with one attached hydrogen (secondary N) is 1. The predicted molar refractivity (Wildman–Crippen MR) is 78.3 cm³/mol. The van der Waals surface area contributed by atoms with Gasteiger partial charge in [-0.1, -0.05) is 41.9 Å². The van der Waals surface area contributed by atoms with Crippen molar-refractivity contribution < 1.29 is 0 Å². The van der Waals surface area contributed by atoms with Crippen LogP contribution in [0.15, 0.2) is 28.7 Å². The van der Waals surface area contributed by atoms with Crippen molar-refractivity contribution in [2.45, 2.75) is 26.3 Å². The molecule has 1 aromatic carbocycles. The molecule has 2 nitrogen and oxygen atoms in total. The summed E-state index contributed by atoms with van der Waals surface area (Å²) in [5.41, 5.74) is 1.37. The van der Waals surface area contributed by atoms with Crippen molar-refractivity contribution in [3.8, 4) is 0 Å². The van der Waals surface area contributed by atoms with Crippen molar-refractivity contribution in [1.82, 2.24) is 10.2 Å². The lowest BCUT2D eigenvalue weighted by atomic mass is 10.0. The topological polar surface area (TPSA) is 15.3 Å². The van der Waals surface area contributed by atoms with Crippen LogP contribution in [0.25, 0.3) is 0 Å². The molecule has 0 aliphatic rings. The molecule has 0 amide bonds. The summed E-state index contributed by atoms with van der Waals surface area (Å²) < 4.78 is 1.14. The molecule has 0 bridgehead atoms. The summed E-state index contributed by atoms with van der Waals surface area (Å²) in [5, 5.41) is 3.56. The molecule has 3 heteroatoms. The summed E-state index contributed by atoms with van der Waals surface area (Å²) in [7, 11) is 2.17. The minimum Gasteiger partial charge on any atom is -0.310 e. The van der Waals surface area contributed by atoms with Crippen LogP contribution in [0.4, 0.5) is 0 Å². The molecule has 0 spiro atoms. The van der Waals surface area contributed by atoms with Gasteiger partial charge in [0.25, 0.3) is 0 Å². The van der Waals surface area contributed by atoms with Crippen molar-refractivity contribution in [2.75, 3.05) is 26.7 Å². The van der Waals surface area contributed by atoms with Gasteiger partial charge in [0.1, 0.15) is 0 Å². The van der Waals surface area contributed by atoms with E-state index in [1.807, 2.05) is 0 Å². The van der Waals surface area contributed by atoms with E-state index in [-0.39, 0.29) is 0 Å². The number of halogens is 1. The standard InChI is InChI=1S/C14H23BrN2/c1-4-16-14(10-11-17(3)5-2)12-6-8-13(15)9-7-12/h6-9,14,16H,4-5,10-11H2,1-3H3. The molecular weight excluding hydrogens is 276 g/mol. The normalized spacial score (nSPS) is 13.0. The Hall–Kier alpha value is -0.380. The molecule has 1 N–H and O–H groups in total. The fraction of sp³-hybridized carbons (Fsp3) is 0.571. The van der Waals surface area contributed by atoms with Crippen LogP contribution in [0, 0.1) is 0 Å². The molecule has 1 atom stereocenters. The molecule has 1 rings (SSSR count). The molecule has 0 aliphatic carbocycles. The minimum atomic E-state index is 0.460. The van der Waals surface area contributed by atoms with Gasteiger partial charge in [0.15, 0.2) is 0 Å². The highest BCUT2D eigenvalue weighted by molar-refractivity contribution is 9.10. The van der Waals surface area contributed by atoms with E-state index in [2.05, 4.69) is 71.3 Å². The van der Waals surface area contributed by atoms with Crippen molar-refractivity contribution in [3.05, 3.63) is 34.3 Å². The summed E-state index contributed by atoms with van der Waals surface area (Å²) >= 11 is 3.48. The van der Waals surface area contributed by atoms with E-state index in [1.54, 1.807) is 0 Å². The van der Waals surface area contributed by atoms with Crippen molar-refractivity contribution in [2.24, 2.45) is 0 Å². The lowest BCUT2D eigenvalue weighted by Crippen LogP contribution is -2.27. The van der Waals surface area contributed by atoms with Crippen LogP contribution in [-0.2, 0) is 0 Å². The molecule has 17 heavy (non-hydrogen) atoms. The van der Waals surface area contributed by atoms with Gasteiger partial charge < -0.3 is 10.2 Å². The van der Waals surface area contributed by atoms with Gasteiger partial charge in [-0.25, -0.2) is 0 Å². The van der Waals surface area contributed by atoms with Gasteiger partial charge in [0.2, 0.25) is 0 Å². The summed E-state index contributed by atoms with van der Waals surface area (Å²) in [6.45, 7) is 7.61. The van der Waals surface area contributed by atoms with Crippen LogP contribution in [0.2, 0.25) is 0 Å². The van der Waals surface area contributed by atoms with E-state index in [0.29, 0.717) is 6.04 Å². The van der Waals surface area contributed by atoms with Crippen molar-refractivity contribution in [1.29, 1.82) is 0 Å². The highest BCUT2D eigenvalue weighted by Crippen LogP contribution is 2.19. The number of hydrogen-bond donors (Lipinski definition) is 1. The Morgan fingerprint density at radius 2 is 1.88 bits per heavy atom. The number of hydrogen-bond acceptors (Lipinski definition) is 2. The Morgan fingerprint density at radius 3 is 2.41 bits per heavy atom. The quantitative estimate of drug-likeness (QED) is 0.829. The Balaban J connectivity index is 2.61. The minimum absolute atomic E-state index is 0.460. The second kappa shape index (κ2) is 7.85. The van der Waals surface area contributed by atoms with E-state index in [9.17, 15) is 0 Å². The Bertz CT molecular complexity index is 311. The average molecular weight is 299 g/mol. The lowest BCUT2D eigenvalue weighted by Gasteiger charge is -2.22. The molecule has 0 fully saturated rings. The zero-order chi connectivity index (χ0) is 12.7. The van der Waals surface area contributed by atoms with E-state index < -0.39 is 0 Å². The molecular formula is C14H23BrN2. The first kappa shape index (κ1) is 14.7. The van der Waals surface area contributed by atoms with Gasteiger partial charge in [-0.3, -0.25) is 0 Å². The molecule has 1 unspecified atom stereocenters. The Morgan fingerprint density at radius 1 is 1.24 bits per heavy atom. The van der Waals surface area contributed by atoms with Gasteiger partial charge in [-0.15, -0.1) is 0 Å². The lowest BCUT2D eigenvalue weighted by molar-refractivity contribution is 0.322. The summed E-state index contributed by atoms with van der Waals surface area (Å²) in [6.07, 6.45) is 1.15. The van der Waals surface area contributed by atoms with E-state index in [4.69, 9.17) is 0 Å². The molecule has 96 valence electrons. The first-order chi connectivity index (χ1) is 8.17. The van der Waals surface area contributed by atoms with Crippen LogP contribution < -0.4 is 5.32 Å². The maximum absolute atomic E-state index is 3.56. The largest absolute Gasteiger partial charge is 0.310 e. The maximum atomic E-state index is 3.56. The van der Waals surface area contributed by atoms with Gasteiger partial charge in [-0.2, -0.15) is 0 Å². The molecule has 0 saturated carbocycles. The van der Waals surface area contributed by atoms with Crippen molar-refractivity contribution in [3.63, 3.8) is 0 Å². The molecule has 0 heterocycles. The van der Waals surface area contributed by atoms with Gasteiger partial charge in [0, 0.05) is 10.5 Å². The zero-order valence-electron chi connectivity index (χ0n) is 11.0. The van der Waals surface area contributed by atoms with Crippen LogP contribution in [0.5, 0.6) is 0 Å². The van der Waals surface area contributed by atoms with Gasteiger partial charge in [0.05, 0.1) is 0 Å². The van der Waals surface area contributed by atoms with Crippen LogP contribution >= 0.6 is 15.9 Å². The monoisotopic (exact) mass is 298 g/mol. The Kier molecular flexibility index (Phi) is 6.78. The van der Waals surface area contributed by atoms with Gasteiger partial charge >= 0.3 is 0 Å². The number of benzene rings is 1. The zero-order valence-corrected chi connectivity index (χ0v) is 12.6. The second-order valence-corrected chi connectivity index (χ2v) is 5.26. The van der Waals surface area contributed by atoms with E-state index in [0.717, 1.165) is 30.5 Å². The third kappa shape index (κ3) is 5.19. The average Bonchev–Trinajstić information content (AvgIpc) is 2.35. The molecule has 1 aromatic rings. The number of nitrogens with zero attached hydrogens (tertiary/aromatic N) is 1. The molecule has 0 saturated heterocycles. The predicted octanol–water partition coefficient (Wildman–Crippen LogP) is 3.44. The fourth-order valence-electron chi connectivity index (χ4n) is 1.84. The summed E-state index contributed by atoms with van der Waals surface area (Å²) in [4.78, 5) is 2.35. The smallest absolute Gasteiger partial charge is 0.0332 e. The summed E-state index contributed by atoms with van der Waals surface area (Å²) in [6, 6.07) is 9.08. The summed E-state index contributed by atoms with van der Waals surface area (Å²) in [5.74, 6) is 0. The Labute approximate surface area is 114 Å². The van der Waals surface area contributed by atoms with E-state index >= 15 is 0 Å². The highest BCUT2D eigenvalue weighted by atomic mass is 79.9. The third-order valence-electron chi connectivity index (χ3n) is 3.06. The SMILES string of the molecule is CCNC(CCN(C)CC)c1ccc(Br)cc1. The molecule has 0 aliphatic heterocycles. The maximum Gasteiger partial charge on any atom is 0.0332 e. The van der Waals surface area contributed by atoms with Gasteiger partial charge in [-0.05, 0) is 50.8 Å². The van der Waals surface area contributed by atoms with Crippen molar-refractivity contribution >= 4 is 15.9 Å². The molecule has 0 aromatic heterocycles. The fourth-order valence-corrected chi connectivity index (χ4v) is 2.10. The third-order valence-corrected chi connectivity index (χ3v) is 3.59. The van der Waals surface area contributed by atoms with Crippen LogP contribution in [0.3, 0.4) is 0 Å². The van der Waals surface area contributed by atoms with Crippen LogP contribution in [-0.4, -0.2) is 31.6 Å². The number of rotatable bonds is 7. The second-order valence-electron chi connectivity index (χ2n) is 4.35. The first-order valence-corrected chi connectivity index (χ1v) is 7.14. The highest BCUT2D eigenvalue weighted by Gasteiger charge is 2.10. The molecule has 0 radical (unpaired) electrons. The first-order valence-electron chi connectivity index (χ1n) is 6.34. The van der Waals surface area contributed by atoms with Crippen LogP contribution in [0.1, 0.15) is 31.9 Å².